The molecule has 1 aliphatic rings. The van der Waals surface area contributed by atoms with E-state index in [0.717, 1.165) is 24.9 Å². The van der Waals surface area contributed by atoms with Crippen molar-refractivity contribution in [3.05, 3.63) is 53.3 Å². The summed E-state index contributed by atoms with van der Waals surface area (Å²) in [5.74, 6) is 1.80. The van der Waals surface area contributed by atoms with Crippen molar-refractivity contribution < 1.29 is 0 Å². The second kappa shape index (κ2) is 6.07. The van der Waals surface area contributed by atoms with Crippen molar-refractivity contribution in [2.45, 2.75) is 40.2 Å². The minimum Gasteiger partial charge on any atom is -0.318 e. The van der Waals surface area contributed by atoms with E-state index >= 15 is 0 Å². The Bertz CT molecular complexity index is 594. The molecule has 1 N–H and O–H groups in total. The number of hydrogen-bond acceptors (Lipinski definition) is 1. The Kier molecular flexibility index (Phi) is 4.16. The maximum atomic E-state index is 3.64. The zero-order chi connectivity index (χ0) is 14.8. The van der Waals surface area contributed by atoms with Crippen molar-refractivity contribution >= 4 is 0 Å². The Hall–Kier alpha value is -1.54. The quantitative estimate of drug-likeness (QED) is 0.839. The molecule has 1 heterocycles. The van der Waals surface area contributed by atoms with Crippen LogP contribution in [0.15, 0.2) is 36.4 Å². The average Bonchev–Trinajstić information content (AvgIpc) is 3.28. The summed E-state index contributed by atoms with van der Waals surface area (Å²) in [5, 5.41) is 3.64. The number of para-hydroxylation sites is 1. The summed E-state index contributed by atoms with van der Waals surface area (Å²) in [6.45, 7) is 8.90. The lowest BCUT2D eigenvalue weighted by molar-refractivity contribution is 0.461. The first kappa shape index (κ1) is 14.4. The molecule has 0 saturated heterocycles. The van der Waals surface area contributed by atoms with Gasteiger partial charge in [-0.05, 0) is 68.8 Å². The molecule has 1 saturated carbocycles. The van der Waals surface area contributed by atoms with Gasteiger partial charge in [0.25, 0.3) is 0 Å². The molecule has 0 aliphatic heterocycles. The fraction of sp³-hybridized carbons (Fsp3) is 0.474. The largest absolute Gasteiger partial charge is 0.318 e. The molecule has 1 atom stereocenters. The smallest absolute Gasteiger partial charge is 0.0455 e. The van der Waals surface area contributed by atoms with Crippen LogP contribution < -0.4 is 5.32 Å². The molecule has 0 radical (unpaired) electrons. The maximum absolute atomic E-state index is 3.64. The van der Waals surface area contributed by atoms with E-state index < -0.39 is 0 Å². The minimum absolute atomic E-state index is 0.822. The van der Waals surface area contributed by atoms with Gasteiger partial charge in [0, 0.05) is 23.6 Å². The van der Waals surface area contributed by atoms with Gasteiger partial charge in [-0.1, -0.05) is 25.1 Å². The van der Waals surface area contributed by atoms with E-state index in [1.54, 1.807) is 0 Å². The van der Waals surface area contributed by atoms with Crippen LogP contribution in [0.4, 0.5) is 0 Å². The molecule has 21 heavy (non-hydrogen) atoms. The lowest BCUT2D eigenvalue weighted by atomic mass is 10.1. The highest BCUT2D eigenvalue weighted by atomic mass is 15.0. The van der Waals surface area contributed by atoms with Gasteiger partial charge in [-0.15, -0.1) is 0 Å². The van der Waals surface area contributed by atoms with Crippen molar-refractivity contribution in [2.24, 2.45) is 11.8 Å². The molecule has 0 bridgehead atoms. The lowest BCUT2D eigenvalue weighted by Gasteiger charge is -2.12. The number of hydrogen-bond donors (Lipinski definition) is 1. The molecule has 0 amide bonds. The van der Waals surface area contributed by atoms with Gasteiger partial charge >= 0.3 is 0 Å². The van der Waals surface area contributed by atoms with Crippen LogP contribution >= 0.6 is 0 Å². The number of nitrogens with one attached hydrogen (secondary N) is 1. The lowest BCUT2D eigenvalue weighted by Crippen LogP contribution is -2.22. The second-order valence-corrected chi connectivity index (χ2v) is 6.51. The van der Waals surface area contributed by atoms with E-state index in [1.807, 2.05) is 0 Å². The molecule has 1 aromatic heterocycles. The molecule has 3 rings (SSSR count). The summed E-state index contributed by atoms with van der Waals surface area (Å²) in [5.41, 5.74) is 5.33. The van der Waals surface area contributed by atoms with Crippen LogP contribution in [0, 0.1) is 25.7 Å². The first-order valence-electron chi connectivity index (χ1n) is 8.10. The summed E-state index contributed by atoms with van der Waals surface area (Å²) in [6.07, 6.45) is 2.87. The van der Waals surface area contributed by atoms with E-state index in [0.29, 0.717) is 0 Å². The van der Waals surface area contributed by atoms with Gasteiger partial charge in [-0.3, -0.25) is 0 Å². The third kappa shape index (κ3) is 3.21. The summed E-state index contributed by atoms with van der Waals surface area (Å²) in [4.78, 5) is 0. The fourth-order valence-corrected chi connectivity index (χ4v) is 3.25. The minimum atomic E-state index is 0.822. The zero-order valence-corrected chi connectivity index (χ0v) is 13.4. The van der Waals surface area contributed by atoms with Crippen molar-refractivity contribution in [3.8, 4) is 5.69 Å². The molecule has 2 nitrogen and oxygen atoms in total. The van der Waals surface area contributed by atoms with Gasteiger partial charge in [0.05, 0.1) is 0 Å². The number of rotatable bonds is 6. The molecule has 2 aromatic rings. The number of aryl methyl sites for hydroxylation is 1. The van der Waals surface area contributed by atoms with E-state index in [4.69, 9.17) is 0 Å². The zero-order valence-electron chi connectivity index (χ0n) is 13.4. The molecule has 1 unspecified atom stereocenters. The standard InChI is InChI=1S/C19H26N2/c1-14(17-9-10-17)12-20-13-18-11-15(2)21(16(18)3)19-7-5-4-6-8-19/h4-8,11,14,17,20H,9-10,12-13H2,1-3H3. The average molecular weight is 282 g/mol. The first-order chi connectivity index (χ1) is 10.2. The maximum Gasteiger partial charge on any atom is 0.0455 e. The van der Waals surface area contributed by atoms with Crippen LogP contribution in [0.1, 0.15) is 36.7 Å². The van der Waals surface area contributed by atoms with Crippen molar-refractivity contribution in [1.82, 2.24) is 9.88 Å². The van der Waals surface area contributed by atoms with Gasteiger partial charge in [0.1, 0.15) is 0 Å². The van der Waals surface area contributed by atoms with E-state index in [9.17, 15) is 0 Å². The highest BCUT2D eigenvalue weighted by Crippen LogP contribution is 2.36. The van der Waals surface area contributed by atoms with Gasteiger partial charge in [-0.25, -0.2) is 0 Å². The molecule has 0 spiro atoms. The predicted octanol–water partition coefficient (Wildman–Crippen LogP) is 4.23. The molecule has 1 aliphatic carbocycles. The molecule has 2 heteroatoms. The van der Waals surface area contributed by atoms with Crippen LogP contribution in [-0.4, -0.2) is 11.1 Å². The normalized spacial score (nSPS) is 16.1. The molecule has 1 fully saturated rings. The molecule has 1 aromatic carbocycles. The third-order valence-corrected chi connectivity index (χ3v) is 4.76. The van der Waals surface area contributed by atoms with Crippen molar-refractivity contribution in [2.75, 3.05) is 6.54 Å². The monoisotopic (exact) mass is 282 g/mol. The Balaban J connectivity index is 1.69. The summed E-state index contributed by atoms with van der Waals surface area (Å²) in [7, 11) is 0. The SMILES string of the molecule is Cc1cc(CNCC(C)C2CC2)c(C)n1-c1ccccc1. The fourth-order valence-electron chi connectivity index (χ4n) is 3.25. The number of aromatic nitrogens is 1. The van der Waals surface area contributed by atoms with Gasteiger partial charge in [-0.2, -0.15) is 0 Å². The summed E-state index contributed by atoms with van der Waals surface area (Å²) >= 11 is 0. The molecular weight excluding hydrogens is 256 g/mol. The number of nitrogens with zero attached hydrogens (tertiary/aromatic N) is 1. The van der Waals surface area contributed by atoms with E-state index in [1.165, 1.54) is 35.5 Å². The van der Waals surface area contributed by atoms with Crippen LogP contribution in [0.2, 0.25) is 0 Å². The predicted molar refractivity (Wildman–Crippen MR) is 88.8 cm³/mol. The van der Waals surface area contributed by atoms with Crippen molar-refractivity contribution in [3.63, 3.8) is 0 Å². The Morgan fingerprint density at radius 1 is 1.19 bits per heavy atom. The van der Waals surface area contributed by atoms with Gasteiger partial charge in [0.15, 0.2) is 0 Å². The third-order valence-electron chi connectivity index (χ3n) is 4.76. The Morgan fingerprint density at radius 2 is 1.90 bits per heavy atom. The highest BCUT2D eigenvalue weighted by molar-refractivity contribution is 5.40. The molecule has 112 valence electrons. The van der Waals surface area contributed by atoms with E-state index in [2.05, 4.69) is 67.1 Å². The van der Waals surface area contributed by atoms with Crippen LogP contribution in [0.5, 0.6) is 0 Å². The summed E-state index contributed by atoms with van der Waals surface area (Å²) < 4.78 is 2.35. The highest BCUT2D eigenvalue weighted by Gasteiger charge is 2.27. The Labute approximate surface area is 128 Å². The first-order valence-corrected chi connectivity index (χ1v) is 8.10. The van der Waals surface area contributed by atoms with Crippen LogP contribution in [-0.2, 0) is 6.54 Å². The Morgan fingerprint density at radius 3 is 2.57 bits per heavy atom. The van der Waals surface area contributed by atoms with Gasteiger partial charge in [0.2, 0.25) is 0 Å². The van der Waals surface area contributed by atoms with Crippen molar-refractivity contribution in [1.29, 1.82) is 0 Å². The van der Waals surface area contributed by atoms with E-state index in [-0.39, 0.29) is 0 Å². The number of benzene rings is 1. The second-order valence-electron chi connectivity index (χ2n) is 6.51. The topological polar surface area (TPSA) is 17.0 Å². The van der Waals surface area contributed by atoms with Crippen LogP contribution in [0.3, 0.4) is 0 Å². The van der Waals surface area contributed by atoms with Gasteiger partial charge < -0.3 is 9.88 Å². The van der Waals surface area contributed by atoms with Crippen LogP contribution in [0.25, 0.3) is 5.69 Å². The summed E-state index contributed by atoms with van der Waals surface area (Å²) in [6, 6.07) is 12.9. The molecular formula is C19H26N2.